The van der Waals surface area contributed by atoms with Crippen LogP contribution in [0.4, 0.5) is 0 Å². The van der Waals surface area contributed by atoms with Crippen LogP contribution in [0.1, 0.15) is 16.6 Å². The second-order valence-corrected chi connectivity index (χ2v) is 6.70. The molecule has 1 amide bonds. The fourth-order valence-corrected chi connectivity index (χ4v) is 3.24. The van der Waals surface area contributed by atoms with E-state index in [1.54, 1.807) is 12.1 Å². The van der Waals surface area contributed by atoms with Gasteiger partial charge in [0.25, 0.3) is 5.91 Å². The van der Waals surface area contributed by atoms with Crippen molar-refractivity contribution < 1.29 is 4.79 Å². The molecule has 1 aliphatic rings. The standard InChI is InChI=1S/C12H16ClN3OS2/c1-8(11(14)18)15-4-6-16(7-5-15)12(17)9-2-3-10(13)19-9/h2-3,8H,4-7H2,1H3,(H2,14,18). The van der Waals surface area contributed by atoms with Gasteiger partial charge in [-0.25, -0.2) is 0 Å². The molecule has 1 aliphatic heterocycles. The summed E-state index contributed by atoms with van der Waals surface area (Å²) in [6.07, 6.45) is 0. The van der Waals surface area contributed by atoms with E-state index in [1.807, 2.05) is 11.8 Å². The maximum absolute atomic E-state index is 12.2. The van der Waals surface area contributed by atoms with E-state index in [4.69, 9.17) is 29.6 Å². The Bertz CT molecular complexity index is 483. The van der Waals surface area contributed by atoms with Gasteiger partial charge in [0.2, 0.25) is 0 Å². The minimum Gasteiger partial charge on any atom is -0.392 e. The number of thiocarbonyl (C=S) groups is 1. The van der Waals surface area contributed by atoms with E-state index in [9.17, 15) is 4.79 Å². The van der Waals surface area contributed by atoms with Gasteiger partial charge in [0.1, 0.15) is 0 Å². The number of amides is 1. The Kier molecular flexibility index (Phi) is 4.78. The maximum Gasteiger partial charge on any atom is 0.264 e. The van der Waals surface area contributed by atoms with E-state index in [2.05, 4.69) is 4.90 Å². The molecule has 1 aromatic rings. The molecule has 0 radical (unpaired) electrons. The Morgan fingerprint density at radius 1 is 1.42 bits per heavy atom. The van der Waals surface area contributed by atoms with Gasteiger partial charge in [-0.3, -0.25) is 9.69 Å². The highest BCUT2D eigenvalue weighted by Crippen LogP contribution is 2.23. The van der Waals surface area contributed by atoms with Gasteiger partial charge in [-0.05, 0) is 19.1 Å². The van der Waals surface area contributed by atoms with Gasteiger partial charge in [0.05, 0.1) is 20.2 Å². The van der Waals surface area contributed by atoms with Crippen LogP contribution in [-0.2, 0) is 0 Å². The van der Waals surface area contributed by atoms with Crippen molar-refractivity contribution >= 4 is 46.1 Å². The number of halogens is 1. The molecule has 0 spiro atoms. The fraction of sp³-hybridized carbons (Fsp3) is 0.500. The molecule has 1 atom stereocenters. The summed E-state index contributed by atoms with van der Waals surface area (Å²) in [7, 11) is 0. The summed E-state index contributed by atoms with van der Waals surface area (Å²) in [5, 5.41) is 0. The summed E-state index contributed by atoms with van der Waals surface area (Å²) in [5.74, 6) is 0.0551. The SMILES string of the molecule is CC(C(N)=S)N1CCN(C(=O)c2ccc(Cl)s2)CC1. The van der Waals surface area contributed by atoms with Crippen molar-refractivity contribution in [1.29, 1.82) is 0 Å². The molecule has 0 aliphatic carbocycles. The summed E-state index contributed by atoms with van der Waals surface area (Å²) in [5.41, 5.74) is 5.65. The van der Waals surface area contributed by atoms with Gasteiger partial charge in [-0.15, -0.1) is 11.3 Å². The number of carbonyl (C=O) groups is 1. The predicted octanol–water partition coefficient (Wildman–Crippen LogP) is 1.83. The lowest BCUT2D eigenvalue weighted by Gasteiger charge is -2.37. The number of thiophene rings is 1. The molecule has 2 rings (SSSR count). The van der Waals surface area contributed by atoms with Crippen molar-refractivity contribution in [3.63, 3.8) is 0 Å². The Labute approximate surface area is 127 Å². The first-order chi connectivity index (χ1) is 8.99. The highest BCUT2D eigenvalue weighted by atomic mass is 35.5. The topological polar surface area (TPSA) is 49.6 Å². The van der Waals surface area contributed by atoms with E-state index >= 15 is 0 Å². The third-order valence-electron chi connectivity index (χ3n) is 3.34. The van der Waals surface area contributed by atoms with Gasteiger partial charge >= 0.3 is 0 Å². The molecule has 0 aromatic carbocycles. The number of nitrogens with two attached hydrogens (primary N) is 1. The number of hydrogen-bond donors (Lipinski definition) is 1. The van der Waals surface area contributed by atoms with Crippen molar-refractivity contribution in [2.75, 3.05) is 26.2 Å². The van der Waals surface area contributed by atoms with Crippen molar-refractivity contribution in [2.45, 2.75) is 13.0 Å². The first-order valence-corrected chi connectivity index (χ1v) is 7.67. The Hall–Kier alpha value is -0.690. The van der Waals surface area contributed by atoms with Crippen LogP contribution >= 0.6 is 35.2 Å². The normalized spacial score (nSPS) is 18.3. The van der Waals surface area contributed by atoms with Crippen LogP contribution in [0.3, 0.4) is 0 Å². The van der Waals surface area contributed by atoms with Gasteiger partial charge in [0, 0.05) is 26.2 Å². The molecule has 4 nitrogen and oxygen atoms in total. The summed E-state index contributed by atoms with van der Waals surface area (Å²) < 4.78 is 0.643. The summed E-state index contributed by atoms with van der Waals surface area (Å²) in [6.45, 7) is 4.98. The van der Waals surface area contributed by atoms with Crippen LogP contribution in [0.5, 0.6) is 0 Å². The molecular weight excluding hydrogens is 302 g/mol. The molecule has 1 saturated heterocycles. The Morgan fingerprint density at radius 3 is 2.53 bits per heavy atom. The third kappa shape index (κ3) is 3.45. The van der Waals surface area contributed by atoms with Crippen molar-refractivity contribution in [3.8, 4) is 0 Å². The fourth-order valence-electron chi connectivity index (χ4n) is 2.08. The van der Waals surface area contributed by atoms with Crippen molar-refractivity contribution in [2.24, 2.45) is 5.73 Å². The zero-order valence-electron chi connectivity index (χ0n) is 10.6. The van der Waals surface area contributed by atoms with Crippen LogP contribution in [0.25, 0.3) is 0 Å². The predicted molar refractivity (Wildman–Crippen MR) is 83.1 cm³/mol. The average molecular weight is 318 g/mol. The second-order valence-electron chi connectivity index (χ2n) is 4.51. The molecule has 104 valence electrons. The van der Waals surface area contributed by atoms with Crippen LogP contribution in [0.2, 0.25) is 4.34 Å². The minimum atomic E-state index is 0.0551. The molecule has 19 heavy (non-hydrogen) atoms. The molecule has 7 heteroatoms. The minimum absolute atomic E-state index is 0.0551. The molecule has 2 N–H and O–H groups in total. The van der Waals surface area contributed by atoms with E-state index in [0.29, 0.717) is 27.3 Å². The van der Waals surface area contributed by atoms with Gasteiger partial charge in [-0.1, -0.05) is 23.8 Å². The highest BCUT2D eigenvalue weighted by molar-refractivity contribution is 7.80. The molecule has 2 heterocycles. The lowest BCUT2D eigenvalue weighted by molar-refractivity contribution is 0.0626. The average Bonchev–Trinajstić information content (AvgIpc) is 2.84. The summed E-state index contributed by atoms with van der Waals surface area (Å²) >= 11 is 12.2. The highest BCUT2D eigenvalue weighted by Gasteiger charge is 2.26. The first kappa shape index (κ1) is 14.7. The molecular formula is C12H16ClN3OS2. The molecule has 0 bridgehead atoms. The second kappa shape index (κ2) is 6.17. The number of carbonyl (C=O) groups excluding carboxylic acids is 1. The zero-order valence-corrected chi connectivity index (χ0v) is 13.0. The number of piperazine rings is 1. The first-order valence-electron chi connectivity index (χ1n) is 6.07. The van der Waals surface area contributed by atoms with Gasteiger partial charge in [0.15, 0.2) is 0 Å². The summed E-state index contributed by atoms with van der Waals surface area (Å²) in [6, 6.07) is 3.62. The van der Waals surface area contributed by atoms with E-state index in [0.717, 1.165) is 13.1 Å². The number of nitrogens with zero attached hydrogens (tertiary/aromatic N) is 2. The van der Waals surface area contributed by atoms with Crippen molar-refractivity contribution in [1.82, 2.24) is 9.80 Å². The van der Waals surface area contributed by atoms with Crippen LogP contribution in [-0.4, -0.2) is 52.9 Å². The zero-order chi connectivity index (χ0) is 14.0. The lowest BCUT2D eigenvalue weighted by Crippen LogP contribution is -2.53. The van der Waals surface area contributed by atoms with Gasteiger partial charge < -0.3 is 10.6 Å². The van der Waals surface area contributed by atoms with Crippen LogP contribution in [0, 0.1) is 0 Å². The third-order valence-corrected chi connectivity index (χ3v) is 4.91. The van der Waals surface area contributed by atoms with Gasteiger partial charge in [-0.2, -0.15) is 0 Å². The van der Waals surface area contributed by atoms with Crippen LogP contribution in [0.15, 0.2) is 12.1 Å². The largest absolute Gasteiger partial charge is 0.392 e. The Morgan fingerprint density at radius 2 is 2.05 bits per heavy atom. The molecule has 1 aromatic heterocycles. The van der Waals surface area contributed by atoms with E-state index in [1.165, 1.54) is 11.3 Å². The van der Waals surface area contributed by atoms with E-state index < -0.39 is 0 Å². The molecule has 1 fully saturated rings. The van der Waals surface area contributed by atoms with Crippen LogP contribution < -0.4 is 5.73 Å². The Balaban J connectivity index is 1.93. The smallest absolute Gasteiger partial charge is 0.264 e. The quantitative estimate of drug-likeness (QED) is 0.864. The molecule has 1 unspecified atom stereocenters. The number of hydrogen-bond acceptors (Lipinski definition) is 4. The van der Waals surface area contributed by atoms with E-state index in [-0.39, 0.29) is 11.9 Å². The van der Waals surface area contributed by atoms with Crippen molar-refractivity contribution in [3.05, 3.63) is 21.3 Å². The maximum atomic E-state index is 12.2. The summed E-state index contributed by atoms with van der Waals surface area (Å²) in [4.78, 5) is 17.5. The number of rotatable bonds is 3. The monoisotopic (exact) mass is 317 g/mol. The molecule has 0 saturated carbocycles. The lowest BCUT2D eigenvalue weighted by atomic mass is 10.2.